The number of anilines is 1. The topological polar surface area (TPSA) is 182 Å². The van der Waals surface area contributed by atoms with Gasteiger partial charge in [0.2, 0.25) is 11.9 Å². The maximum Gasteiger partial charge on any atom is 0.272 e. The van der Waals surface area contributed by atoms with E-state index < -0.39 is 21.5 Å². The molecule has 0 fully saturated rings. The van der Waals surface area contributed by atoms with E-state index in [4.69, 9.17) is 39.5 Å². The van der Waals surface area contributed by atoms with Crippen LogP contribution in [0.15, 0.2) is 39.1 Å². The second-order valence-corrected chi connectivity index (χ2v) is 8.65. The molecule has 1 aromatic heterocycles. The van der Waals surface area contributed by atoms with Crippen LogP contribution < -0.4 is 27.1 Å². The highest BCUT2D eigenvalue weighted by Gasteiger charge is 2.23. The van der Waals surface area contributed by atoms with Crippen LogP contribution in [0.1, 0.15) is 11.3 Å². The van der Waals surface area contributed by atoms with E-state index in [0.717, 1.165) is 0 Å². The molecule has 0 saturated carbocycles. The number of aryl methyl sites for hydroxylation is 1. The first-order valence-electron chi connectivity index (χ1n) is 8.68. The largest absolute Gasteiger partial charge is 0.391 e. The van der Waals surface area contributed by atoms with E-state index in [2.05, 4.69) is 20.2 Å². The van der Waals surface area contributed by atoms with Gasteiger partial charge in [-0.1, -0.05) is 29.3 Å². The van der Waals surface area contributed by atoms with Gasteiger partial charge in [0.25, 0.3) is 15.6 Å². The van der Waals surface area contributed by atoms with Gasteiger partial charge < -0.3 is 26.6 Å². The van der Waals surface area contributed by atoms with Crippen molar-refractivity contribution in [3.63, 3.8) is 0 Å². The highest BCUT2D eigenvalue weighted by molar-refractivity contribution is 7.92. The van der Waals surface area contributed by atoms with E-state index in [1.807, 2.05) is 0 Å². The number of benzene rings is 1. The lowest BCUT2D eigenvalue weighted by Gasteiger charge is -2.14. The molecule has 0 spiro atoms. The number of aromatic amines is 1. The Labute approximate surface area is 187 Å². The summed E-state index contributed by atoms with van der Waals surface area (Å²) in [4.78, 5) is 31.6. The number of hydrogen-bond acceptors (Lipinski definition) is 6. The molecule has 168 valence electrons. The van der Waals surface area contributed by atoms with Gasteiger partial charge in [-0.05, 0) is 35.8 Å². The van der Waals surface area contributed by atoms with Crippen LogP contribution in [0.2, 0.25) is 10.0 Å². The lowest BCUT2D eigenvalue weighted by atomic mass is 10.1. The van der Waals surface area contributed by atoms with Crippen LogP contribution >= 0.6 is 23.2 Å². The molecule has 0 saturated heterocycles. The van der Waals surface area contributed by atoms with Crippen molar-refractivity contribution >= 4 is 50.8 Å². The zero-order chi connectivity index (χ0) is 23.2. The summed E-state index contributed by atoms with van der Waals surface area (Å²) in [7, 11) is -4.27. The predicted molar refractivity (Wildman–Crippen MR) is 118 cm³/mol. The molecule has 0 atom stereocenters. The Balaban J connectivity index is 2.23. The maximum absolute atomic E-state index is 12.8. The summed E-state index contributed by atoms with van der Waals surface area (Å²) < 4.78 is 27.8. The number of pyridine rings is 1. The zero-order valence-electron chi connectivity index (χ0n) is 16.2. The molecule has 1 amide bonds. The lowest BCUT2D eigenvalue weighted by molar-refractivity contribution is -0.120. The Morgan fingerprint density at radius 1 is 1.29 bits per heavy atom. The fourth-order valence-corrected chi connectivity index (χ4v) is 4.35. The molecule has 0 aliphatic carbocycles. The quantitative estimate of drug-likeness (QED) is 0.148. The van der Waals surface area contributed by atoms with Gasteiger partial charge in [0.05, 0.1) is 23.0 Å². The molecule has 1 aromatic carbocycles. The van der Waals surface area contributed by atoms with E-state index in [9.17, 15) is 18.0 Å². The molecule has 0 radical (unpaired) electrons. The molecule has 1 heterocycles. The summed E-state index contributed by atoms with van der Waals surface area (Å²) in [5.74, 6) is -0.749. The second kappa shape index (κ2) is 10.4. The molecule has 14 heteroatoms. The van der Waals surface area contributed by atoms with E-state index in [0.29, 0.717) is 5.69 Å². The monoisotopic (exact) mass is 490 g/mol. The molecule has 11 nitrogen and oxygen atoms in total. The number of sulfonamides is 1. The van der Waals surface area contributed by atoms with Crippen LogP contribution in [0.5, 0.6) is 0 Å². The molecule has 31 heavy (non-hydrogen) atoms. The third-order valence-electron chi connectivity index (χ3n) is 3.73. The molecule has 0 unspecified atom stereocenters. The normalized spacial score (nSPS) is 10.9. The maximum atomic E-state index is 12.8. The first-order chi connectivity index (χ1) is 14.5. The van der Waals surface area contributed by atoms with Crippen LogP contribution in [-0.4, -0.2) is 38.4 Å². The first kappa shape index (κ1) is 24.3. The van der Waals surface area contributed by atoms with Gasteiger partial charge in [-0.3, -0.25) is 14.3 Å². The number of guanidine groups is 1. The van der Waals surface area contributed by atoms with Crippen molar-refractivity contribution in [2.75, 3.05) is 17.9 Å². The van der Waals surface area contributed by atoms with Crippen molar-refractivity contribution in [1.82, 2.24) is 10.3 Å². The third kappa shape index (κ3) is 6.77. The number of carbonyl (C=O) groups excluding carboxylic acids is 1. The minimum atomic E-state index is -4.27. The zero-order valence-corrected chi connectivity index (χ0v) is 18.6. The Morgan fingerprint density at radius 2 is 2.00 bits per heavy atom. The SMILES string of the molecule is Cc1cc(CC(=O)NCCON=C(N)N)c(NS(=O)(=O)c2cccc(Cl)c2Cl)c(=O)[nH]1. The molecule has 2 aromatic rings. The minimum absolute atomic E-state index is 0.00475. The molecule has 0 bridgehead atoms. The van der Waals surface area contributed by atoms with Crippen molar-refractivity contribution in [3.8, 4) is 0 Å². The summed E-state index contributed by atoms with van der Waals surface area (Å²) in [5.41, 5.74) is 9.77. The number of nitrogens with two attached hydrogens (primary N) is 2. The number of hydrogen-bond donors (Lipinski definition) is 5. The summed E-state index contributed by atoms with van der Waals surface area (Å²) in [5, 5.41) is 5.68. The number of aromatic nitrogens is 1. The van der Waals surface area contributed by atoms with Gasteiger partial charge in [0.1, 0.15) is 17.2 Å². The fraction of sp³-hybridized carbons (Fsp3) is 0.235. The average molecular weight is 491 g/mol. The van der Waals surface area contributed by atoms with E-state index in [-0.39, 0.29) is 51.7 Å². The van der Waals surface area contributed by atoms with Gasteiger partial charge in [-0.2, -0.15) is 0 Å². The number of nitrogens with one attached hydrogen (secondary N) is 3. The number of amides is 1. The van der Waals surface area contributed by atoms with Crippen molar-refractivity contribution in [1.29, 1.82) is 0 Å². The Kier molecular flexibility index (Phi) is 8.14. The van der Waals surface area contributed by atoms with Gasteiger partial charge in [-0.25, -0.2) is 8.42 Å². The number of nitrogens with zero attached hydrogens (tertiary/aromatic N) is 1. The van der Waals surface area contributed by atoms with Gasteiger partial charge in [0, 0.05) is 5.69 Å². The Bertz CT molecular complexity index is 1160. The highest BCUT2D eigenvalue weighted by atomic mass is 35.5. The first-order valence-corrected chi connectivity index (χ1v) is 10.9. The number of halogens is 2. The van der Waals surface area contributed by atoms with Crippen molar-refractivity contribution in [3.05, 3.63) is 55.9 Å². The van der Waals surface area contributed by atoms with Crippen LogP contribution in [0.4, 0.5) is 5.69 Å². The Hall–Kier alpha value is -2.96. The van der Waals surface area contributed by atoms with Gasteiger partial charge in [-0.15, -0.1) is 0 Å². The summed E-state index contributed by atoms with van der Waals surface area (Å²) in [6.07, 6.45) is -0.284. The highest BCUT2D eigenvalue weighted by Crippen LogP contribution is 2.30. The smallest absolute Gasteiger partial charge is 0.272 e. The lowest BCUT2D eigenvalue weighted by Crippen LogP contribution is -2.30. The predicted octanol–water partition coefficient (Wildman–Crippen LogP) is 0.655. The van der Waals surface area contributed by atoms with Crippen molar-refractivity contribution in [2.45, 2.75) is 18.2 Å². The molecular formula is C17H20Cl2N6O5S. The summed E-state index contributed by atoms with van der Waals surface area (Å²) in [6, 6.07) is 5.55. The van der Waals surface area contributed by atoms with E-state index in [1.54, 1.807) is 6.92 Å². The van der Waals surface area contributed by atoms with E-state index >= 15 is 0 Å². The number of H-pyrrole nitrogens is 1. The summed E-state index contributed by atoms with van der Waals surface area (Å²) in [6.45, 7) is 1.68. The second-order valence-electron chi connectivity index (χ2n) is 6.22. The molecular weight excluding hydrogens is 471 g/mol. The molecule has 0 aliphatic rings. The van der Waals surface area contributed by atoms with Gasteiger partial charge in [0.15, 0.2) is 0 Å². The van der Waals surface area contributed by atoms with E-state index in [1.165, 1.54) is 24.3 Å². The molecule has 2 rings (SSSR count). The van der Waals surface area contributed by atoms with Crippen molar-refractivity contribution in [2.24, 2.45) is 16.6 Å². The van der Waals surface area contributed by atoms with Gasteiger partial charge >= 0.3 is 0 Å². The molecule has 0 aliphatic heterocycles. The fourth-order valence-electron chi connectivity index (χ4n) is 2.48. The number of carbonyl (C=O) groups is 1. The number of rotatable bonds is 9. The molecule has 7 N–H and O–H groups in total. The number of oxime groups is 1. The average Bonchev–Trinajstić information content (AvgIpc) is 2.66. The van der Waals surface area contributed by atoms with Crippen LogP contribution in [0.3, 0.4) is 0 Å². The standard InChI is InChI=1S/C17H20Cl2N6O5S/c1-9-7-10(8-13(26)22-5-6-30-24-17(20)21)15(16(27)23-9)25-31(28,29)12-4-2-3-11(18)14(12)19/h2-4,7,25H,5-6,8H2,1H3,(H,22,26)(H,23,27)(H4,20,21,24). The van der Waals surface area contributed by atoms with Crippen LogP contribution in [0, 0.1) is 6.92 Å². The van der Waals surface area contributed by atoms with Crippen LogP contribution in [-0.2, 0) is 26.1 Å². The Morgan fingerprint density at radius 3 is 2.68 bits per heavy atom. The summed E-state index contributed by atoms with van der Waals surface area (Å²) >= 11 is 11.9. The van der Waals surface area contributed by atoms with Crippen LogP contribution in [0.25, 0.3) is 0 Å². The minimum Gasteiger partial charge on any atom is -0.391 e. The van der Waals surface area contributed by atoms with Crippen molar-refractivity contribution < 1.29 is 18.0 Å². The third-order valence-corrected chi connectivity index (χ3v) is 6.05.